The quantitative estimate of drug-likeness (QED) is 0.696. The Morgan fingerprint density at radius 3 is 3.20 bits per heavy atom. The van der Waals surface area contributed by atoms with Gasteiger partial charge in [-0.25, -0.2) is 4.79 Å². The number of fused-ring (bicyclic) bond motifs is 1. The summed E-state index contributed by atoms with van der Waals surface area (Å²) >= 11 is 0. The Balaban J connectivity index is 2.34. The van der Waals surface area contributed by atoms with Crippen LogP contribution >= 0.6 is 0 Å². The average molecular weight is 206 g/mol. The van der Waals surface area contributed by atoms with Crippen LogP contribution in [-0.2, 0) is 11.2 Å². The summed E-state index contributed by atoms with van der Waals surface area (Å²) in [6.45, 7) is 2.95. The molecular formula is C12H14O3. The lowest BCUT2D eigenvalue weighted by molar-refractivity contribution is 0.0523. The maximum absolute atomic E-state index is 11.6. The largest absolute Gasteiger partial charge is 0.493 e. The standard InChI is InChI=1S/C12H14O3/c1-2-14-12(13)10-5-3-7-11-9(10)6-4-8-15-11/h3,5,7H,2,4,6,8H2,1H3. The summed E-state index contributed by atoms with van der Waals surface area (Å²) in [7, 11) is 0. The molecule has 2 rings (SSSR count). The van der Waals surface area contributed by atoms with Gasteiger partial charge in [0, 0.05) is 5.56 Å². The molecule has 1 aromatic carbocycles. The predicted octanol–water partition coefficient (Wildman–Crippen LogP) is 2.19. The Hall–Kier alpha value is -1.51. The van der Waals surface area contributed by atoms with Gasteiger partial charge in [0.2, 0.25) is 0 Å². The predicted molar refractivity (Wildman–Crippen MR) is 56.2 cm³/mol. The maximum Gasteiger partial charge on any atom is 0.338 e. The second-order valence-electron chi connectivity index (χ2n) is 3.45. The van der Waals surface area contributed by atoms with Crippen molar-refractivity contribution in [1.82, 2.24) is 0 Å². The molecule has 0 bridgehead atoms. The maximum atomic E-state index is 11.6. The summed E-state index contributed by atoms with van der Waals surface area (Å²) in [5.41, 5.74) is 1.64. The van der Waals surface area contributed by atoms with Gasteiger partial charge in [-0.15, -0.1) is 0 Å². The van der Waals surface area contributed by atoms with Crippen LogP contribution in [0.2, 0.25) is 0 Å². The van der Waals surface area contributed by atoms with Crippen LogP contribution in [0, 0.1) is 0 Å². The summed E-state index contributed by atoms with van der Waals surface area (Å²) in [6.07, 6.45) is 1.85. The lowest BCUT2D eigenvalue weighted by Gasteiger charge is -2.19. The summed E-state index contributed by atoms with van der Waals surface area (Å²) < 4.78 is 10.5. The van der Waals surface area contributed by atoms with E-state index in [9.17, 15) is 4.79 Å². The number of rotatable bonds is 2. The monoisotopic (exact) mass is 206 g/mol. The molecule has 0 atom stereocenters. The third-order valence-corrected chi connectivity index (χ3v) is 2.46. The molecule has 1 aliphatic rings. The molecule has 0 unspecified atom stereocenters. The highest BCUT2D eigenvalue weighted by atomic mass is 16.5. The fourth-order valence-electron chi connectivity index (χ4n) is 1.79. The molecule has 0 radical (unpaired) electrons. The highest BCUT2D eigenvalue weighted by Crippen LogP contribution is 2.28. The Morgan fingerprint density at radius 2 is 2.40 bits per heavy atom. The van der Waals surface area contributed by atoms with Crippen molar-refractivity contribution in [2.75, 3.05) is 13.2 Å². The minimum atomic E-state index is -0.250. The Bertz CT molecular complexity index is 371. The molecule has 0 spiro atoms. The molecule has 1 aliphatic heterocycles. The van der Waals surface area contributed by atoms with E-state index in [-0.39, 0.29) is 5.97 Å². The number of carbonyl (C=O) groups is 1. The number of ether oxygens (including phenoxy) is 2. The molecule has 0 aliphatic carbocycles. The van der Waals surface area contributed by atoms with E-state index in [1.807, 2.05) is 19.1 Å². The SMILES string of the molecule is CCOC(=O)c1cccc2c1CCCO2. The van der Waals surface area contributed by atoms with E-state index in [0.29, 0.717) is 12.2 Å². The minimum absolute atomic E-state index is 0.250. The number of hydrogen-bond donors (Lipinski definition) is 0. The molecule has 1 heterocycles. The van der Waals surface area contributed by atoms with Crippen LogP contribution < -0.4 is 4.74 Å². The van der Waals surface area contributed by atoms with Crippen LogP contribution in [0.1, 0.15) is 29.3 Å². The highest BCUT2D eigenvalue weighted by molar-refractivity contribution is 5.92. The van der Waals surface area contributed by atoms with Gasteiger partial charge in [-0.1, -0.05) is 6.07 Å². The number of carbonyl (C=O) groups excluding carboxylic acids is 1. The van der Waals surface area contributed by atoms with Gasteiger partial charge in [-0.2, -0.15) is 0 Å². The first-order valence-corrected chi connectivity index (χ1v) is 5.24. The van der Waals surface area contributed by atoms with E-state index in [1.165, 1.54) is 0 Å². The van der Waals surface area contributed by atoms with Crippen molar-refractivity contribution in [3.8, 4) is 5.75 Å². The van der Waals surface area contributed by atoms with Gasteiger partial charge in [0.05, 0.1) is 18.8 Å². The van der Waals surface area contributed by atoms with Gasteiger partial charge >= 0.3 is 5.97 Å². The first kappa shape index (κ1) is 10.0. The zero-order valence-electron chi connectivity index (χ0n) is 8.79. The third-order valence-electron chi connectivity index (χ3n) is 2.46. The molecule has 0 amide bonds. The molecule has 0 aromatic heterocycles. The number of benzene rings is 1. The van der Waals surface area contributed by atoms with Crippen LogP contribution in [0.3, 0.4) is 0 Å². The molecule has 15 heavy (non-hydrogen) atoms. The molecule has 3 nitrogen and oxygen atoms in total. The molecular weight excluding hydrogens is 192 g/mol. The van der Waals surface area contributed by atoms with E-state index in [2.05, 4.69) is 0 Å². The molecule has 80 valence electrons. The van der Waals surface area contributed by atoms with Crippen LogP contribution in [-0.4, -0.2) is 19.2 Å². The van der Waals surface area contributed by atoms with E-state index in [1.54, 1.807) is 6.07 Å². The Labute approximate surface area is 89.0 Å². The first-order valence-electron chi connectivity index (χ1n) is 5.24. The fourth-order valence-corrected chi connectivity index (χ4v) is 1.79. The van der Waals surface area contributed by atoms with E-state index >= 15 is 0 Å². The van der Waals surface area contributed by atoms with Crippen molar-refractivity contribution in [2.24, 2.45) is 0 Å². The smallest absolute Gasteiger partial charge is 0.338 e. The van der Waals surface area contributed by atoms with Gasteiger partial charge in [0.25, 0.3) is 0 Å². The molecule has 1 aromatic rings. The molecule has 3 heteroatoms. The summed E-state index contributed by atoms with van der Waals surface area (Å²) in [6, 6.07) is 5.53. The summed E-state index contributed by atoms with van der Waals surface area (Å²) in [5.74, 6) is 0.576. The number of esters is 1. The average Bonchev–Trinajstić information content (AvgIpc) is 2.28. The first-order chi connectivity index (χ1) is 7.33. The zero-order valence-corrected chi connectivity index (χ0v) is 8.79. The van der Waals surface area contributed by atoms with Gasteiger partial charge in [0.1, 0.15) is 5.75 Å². The van der Waals surface area contributed by atoms with Crippen molar-refractivity contribution in [2.45, 2.75) is 19.8 Å². The number of hydrogen-bond acceptors (Lipinski definition) is 3. The van der Waals surface area contributed by atoms with Gasteiger partial charge in [-0.3, -0.25) is 0 Å². The second kappa shape index (κ2) is 4.34. The van der Waals surface area contributed by atoms with Crippen LogP contribution in [0.25, 0.3) is 0 Å². The van der Waals surface area contributed by atoms with Crippen molar-refractivity contribution < 1.29 is 14.3 Å². The van der Waals surface area contributed by atoms with E-state index in [0.717, 1.165) is 30.8 Å². The van der Waals surface area contributed by atoms with Crippen LogP contribution in [0.4, 0.5) is 0 Å². The molecule has 0 saturated heterocycles. The molecule has 0 N–H and O–H groups in total. The van der Waals surface area contributed by atoms with Gasteiger partial charge in [-0.05, 0) is 31.9 Å². The van der Waals surface area contributed by atoms with Crippen LogP contribution in [0.15, 0.2) is 18.2 Å². The van der Waals surface area contributed by atoms with Crippen molar-refractivity contribution >= 4 is 5.97 Å². The van der Waals surface area contributed by atoms with Crippen molar-refractivity contribution in [1.29, 1.82) is 0 Å². The topological polar surface area (TPSA) is 35.5 Å². The van der Waals surface area contributed by atoms with Crippen molar-refractivity contribution in [3.05, 3.63) is 29.3 Å². The highest BCUT2D eigenvalue weighted by Gasteiger charge is 2.18. The molecule has 0 fully saturated rings. The lowest BCUT2D eigenvalue weighted by Crippen LogP contribution is -2.14. The lowest BCUT2D eigenvalue weighted by atomic mass is 10.00. The van der Waals surface area contributed by atoms with Crippen LogP contribution in [0.5, 0.6) is 5.75 Å². The normalized spacial score (nSPS) is 13.9. The van der Waals surface area contributed by atoms with Crippen molar-refractivity contribution in [3.63, 3.8) is 0 Å². The van der Waals surface area contributed by atoms with E-state index < -0.39 is 0 Å². The fraction of sp³-hybridized carbons (Fsp3) is 0.417. The summed E-state index contributed by atoms with van der Waals surface area (Å²) in [4.78, 5) is 11.6. The Morgan fingerprint density at radius 1 is 1.53 bits per heavy atom. The Kier molecular flexibility index (Phi) is 2.90. The second-order valence-corrected chi connectivity index (χ2v) is 3.45. The zero-order chi connectivity index (χ0) is 10.7. The summed E-state index contributed by atoms with van der Waals surface area (Å²) in [5, 5.41) is 0. The molecule has 0 saturated carbocycles. The van der Waals surface area contributed by atoms with E-state index in [4.69, 9.17) is 9.47 Å². The van der Waals surface area contributed by atoms with Gasteiger partial charge in [0.15, 0.2) is 0 Å². The minimum Gasteiger partial charge on any atom is -0.493 e. The third kappa shape index (κ3) is 1.96. The van der Waals surface area contributed by atoms with Gasteiger partial charge < -0.3 is 9.47 Å².